The van der Waals surface area contributed by atoms with Gasteiger partial charge in [-0.05, 0) is 42.8 Å². The Labute approximate surface area is 158 Å². The maximum atomic E-state index is 12.0. The molecule has 0 aliphatic carbocycles. The van der Waals surface area contributed by atoms with E-state index in [4.69, 9.17) is 18.9 Å². The van der Waals surface area contributed by atoms with E-state index in [0.29, 0.717) is 24.7 Å². The Morgan fingerprint density at radius 2 is 1.78 bits per heavy atom. The second-order valence-electron chi connectivity index (χ2n) is 5.66. The number of ether oxygens (including phenoxy) is 4. The Morgan fingerprint density at radius 3 is 2.48 bits per heavy atom. The Balaban J connectivity index is 1.72. The number of benzene rings is 2. The zero-order valence-corrected chi connectivity index (χ0v) is 15.6. The van der Waals surface area contributed by atoms with Crippen LogP contribution in [0.5, 0.6) is 17.2 Å². The van der Waals surface area contributed by atoms with Gasteiger partial charge in [-0.2, -0.15) is 0 Å². The molecule has 1 amide bonds. The second kappa shape index (κ2) is 10.1. The van der Waals surface area contributed by atoms with Crippen LogP contribution in [-0.4, -0.2) is 45.9 Å². The molecule has 0 fully saturated rings. The lowest BCUT2D eigenvalue weighted by molar-refractivity contribution is -0.124. The minimum atomic E-state index is -0.623. The van der Waals surface area contributed by atoms with Gasteiger partial charge in [0.15, 0.2) is 18.1 Å². The molecular formula is C20H23NO6. The van der Waals surface area contributed by atoms with E-state index in [2.05, 4.69) is 5.32 Å². The Hall–Kier alpha value is -3.22. The van der Waals surface area contributed by atoms with Gasteiger partial charge >= 0.3 is 5.97 Å². The number of carbonyl (C=O) groups is 2. The summed E-state index contributed by atoms with van der Waals surface area (Å²) in [5, 5.41) is 2.63. The number of carbonyl (C=O) groups excluding carboxylic acids is 2. The fourth-order valence-electron chi connectivity index (χ4n) is 2.29. The van der Waals surface area contributed by atoms with Crippen molar-refractivity contribution in [2.45, 2.75) is 6.92 Å². The van der Waals surface area contributed by atoms with Crippen LogP contribution in [0.4, 0.5) is 0 Å². The van der Waals surface area contributed by atoms with Crippen LogP contribution in [0.1, 0.15) is 15.9 Å². The van der Waals surface area contributed by atoms with Gasteiger partial charge in [0.05, 0.1) is 26.3 Å². The third-order valence-electron chi connectivity index (χ3n) is 3.64. The molecule has 27 heavy (non-hydrogen) atoms. The molecule has 0 aromatic heterocycles. The standard InChI is InChI=1S/C20H23NO6/c1-14-5-4-6-16(11-14)26-10-9-21-19(22)13-27-20(23)15-7-8-17(24-2)18(12-15)25-3/h4-8,11-12H,9-10,13H2,1-3H3,(H,21,22). The number of esters is 1. The van der Waals surface area contributed by atoms with Crippen molar-refractivity contribution >= 4 is 11.9 Å². The molecule has 1 N–H and O–H groups in total. The summed E-state index contributed by atoms with van der Waals surface area (Å²) in [5.74, 6) is 0.619. The third kappa shape index (κ3) is 6.22. The van der Waals surface area contributed by atoms with Crippen molar-refractivity contribution in [3.8, 4) is 17.2 Å². The van der Waals surface area contributed by atoms with Crippen molar-refractivity contribution in [2.75, 3.05) is 34.0 Å². The smallest absolute Gasteiger partial charge is 0.338 e. The summed E-state index contributed by atoms with van der Waals surface area (Å²) in [5.41, 5.74) is 1.36. The second-order valence-corrected chi connectivity index (χ2v) is 5.66. The van der Waals surface area contributed by atoms with Crippen molar-refractivity contribution in [3.05, 3.63) is 53.6 Å². The lowest BCUT2D eigenvalue weighted by Crippen LogP contribution is -2.32. The van der Waals surface area contributed by atoms with E-state index in [1.54, 1.807) is 6.07 Å². The number of aryl methyl sites for hydroxylation is 1. The molecule has 2 aromatic rings. The van der Waals surface area contributed by atoms with Crippen LogP contribution in [-0.2, 0) is 9.53 Å². The van der Waals surface area contributed by atoms with E-state index < -0.39 is 11.9 Å². The molecular weight excluding hydrogens is 350 g/mol. The minimum Gasteiger partial charge on any atom is -0.493 e. The molecule has 7 nitrogen and oxygen atoms in total. The molecule has 144 valence electrons. The first-order valence-electron chi connectivity index (χ1n) is 8.39. The summed E-state index contributed by atoms with van der Waals surface area (Å²) >= 11 is 0. The summed E-state index contributed by atoms with van der Waals surface area (Å²) < 4.78 is 20.8. The number of rotatable bonds is 9. The number of amides is 1. The van der Waals surface area contributed by atoms with Crippen molar-refractivity contribution in [3.63, 3.8) is 0 Å². The summed E-state index contributed by atoms with van der Waals surface area (Å²) in [4.78, 5) is 23.8. The molecule has 0 spiro atoms. The first-order valence-corrected chi connectivity index (χ1v) is 8.39. The highest BCUT2D eigenvalue weighted by molar-refractivity contribution is 5.92. The lowest BCUT2D eigenvalue weighted by Gasteiger charge is -2.10. The van der Waals surface area contributed by atoms with Crippen LogP contribution < -0.4 is 19.5 Å². The summed E-state index contributed by atoms with van der Waals surface area (Å²) in [7, 11) is 2.97. The number of methoxy groups -OCH3 is 2. The quantitative estimate of drug-likeness (QED) is 0.537. The Morgan fingerprint density at radius 1 is 1.00 bits per heavy atom. The highest BCUT2D eigenvalue weighted by atomic mass is 16.5. The van der Waals surface area contributed by atoms with E-state index >= 15 is 0 Å². The van der Waals surface area contributed by atoms with Gasteiger partial charge in [-0.1, -0.05) is 12.1 Å². The van der Waals surface area contributed by atoms with Gasteiger partial charge < -0.3 is 24.3 Å². The third-order valence-corrected chi connectivity index (χ3v) is 3.64. The van der Waals surface area contributed by atoms with Crippen LogP contribution in [0.2, 0.25) is 0 Å². The van der Waals surface area contributed by atoms with Crippen molar-refractivity contribution in [1.82, 2.24) is 5.32 Å². The largest absolute Gasteiger partial charge is 0.493 e. The maximum Gasteiger partial charge on any atom is 0.338 e. The number of hydrogen-bond acceptors (Lipinski definition) is 6. The molecule has 0 saturated carbocycles. The highest BCUT2D eigenvalue weighted by Crippen LogP contribution is 2.27. The van der Waals surface area contributed by atoms with Gasteiger partial charge in [0.25, 0.3) is 5.91 Å². The van der Waals surface area contributed by atoms with E-state index in [-0.39, 0.29) is 12.2 Å². The van der Waals surface area contributed by atoms with Crippen LogP contribution in [0.15, 0.2) is 42.5 Å². The van der Waals surface area contributed by atoms with Gasteiger partial charge in [0.2, 0.25) is 0 Å². The maximum absolute atomic E-state index is 12.0. The minimum absolute atomic E-state index is 0.267. The zero-order chi connectivity index (χ0) is 19.6. The first kappa shape index (κ1) is 20.1. The van der Waals surface area contributed by atoms with Crippen LogP contribution in [0, 0.1) is 6.92 Å². The molecule has 0 aliphatic heterocycles. The number of hydrogen-bond donors (Lipinski definition) is 1. The van der Waals surface area contributed by atoms with Gasteiger partial charge in [-0.15, -0.1) is 0 Å². The van der Waals surface area contributed by atoms with E-state index in [1.807, 2.05) is 31.2 Å². The molecule has 7 heteroatoms. The molecule has 0 saturated heterocycles. The van der Waals surface area contributed by atoms with Gasteiger partial charge in [0, 0.05) is 0 Å². The first-order chi connectivity index (χ1) is 13.0. The molecule has 2 aromatic carbocycles. The van der Waals surface area contributed by atoms with Crippen molar-refractivity contribution < 1.29 is 28.5 Å². The molecule has 0 aliphatic rings. The zero-order valence-electron chi connectivity index (χ0n) is 15.6. The summed E-state index contributed by atoms with van der Waals surface area (Å²) in [6.07, 6.45) is 0. The lowest BCUT2D eigenvalue weighted by atomic mass is 10.2. The molecule has 0 atom stereocenters. The molecule has 0 radical (unpaired) electrons. The van der Waals surface area contributed by atoms with Crippen molar-refractivity contribution in [1.29, 1.82) is 0 Å². The van der Waals surface area contributed by atoms with E-state index in [1.165, 1.54) is 26.4 Å². The summed E-state index contributed by atoms with van der Waals surface area (Å²) in [6.45, 7) is 2.22. The highest BCUT2D eigenvalue weighted by Gasteiger charge is 2.13. The molecule has 0 bridgehead atoms. The predicted octanol–water partition coefficient (Wildman–Crippen LogP) is 2.36. The fraction of sp³-hybridized carbons (Fsp3) is 0.300. The Bertz CT molecular complexity index is 790. The van der Waals surface area contributed by atoms with E-state index in [0.717, 1.165) is 11.3 Å². The average Bonchev–Trinajstić information content (AvgIpc) is 2.68. The molecule has 2 rings (SSSR count). The average molecular weight is 373 g/mol. The summed E-state index contributed by atoms with van der Waals surface area (Å²) in [6, 6.07) is 12.3. The normalized spacial score (nSPS) is 10.0. The monoisotopic (exact) mass is 373 g/mol. The molecule has 0 heterocycles. The fourth-order valence-corrected chi connectivity index (χ4v) is 2.29. The van der Waals surface area contributed by atoms with Gasteiger partial charge in [-0.25, -0.2) is 4.79 Å². The van der Waals surface area contributed by atoms with Gasteiger partial charge in [-0.3, -0.25) is 4.79 Å². The molecule has 0 unspecified atom stereocenters. The van der Waals surface area contributed by atoms with Gasteiger partial charge in [0.1, 0.15) is 12.4 Å². The predicted molar refractivity (Wildman–Crippen MR) is 99.5 cm³/mol. The topological polar surface area (TPSA) is 83.1 Å². The van der Waals surface area contributed by atoms with Crippen molar-refractivity contribution in [2.24, 2.45) is 0 Å². The van der Waals surface area contributed by atoms with Crippen LogP contribution >= 0.6 is 0 Å². The van der Waals surface area contributed by atoms with Crippen LogP contribution in [0.3, 0.4) is 0 Å². The number of nitrogens with one attached hydrogen (secondary N) is 1. The SMILES string of the molecule is COc1ccc(C(=O)OCC(=O)NCCOc2cccc(C)c2)cc1OC. The Kier molecular flexibility index (Phi) is 7.49. The van der Waals surface area contributed by atoms with Crippen LogP contribution in [0.25, 0.3) is 0 Å². The van der Waals surface area contributed by atoms with E-state index in [9.17, 15) is 9.59 Å².